The molecule has 1 N–H and O–H groups in total. The molecular formula is C15H18N6O2. The van der Waals surface area contributed by atoms with Crippen LogP contribution in [0.15, 0.2) is 6.20 Å². The average molecular weight is 314 g/mol. The number of nitrogens with one attached hydrogen (secondary N) is 1. The summed E-state index contributed by atoms with van der Waals surface area (Å²) in [5, 5.41) is 7.76. The molecule has 23 heavy (non-hydrogen) atoms. The van der Waals surface area contributed by atoms with Crippen molar-refractivity contribution in [3.05, 3.63) is 11.9 Å². The maximum Gasteiger partial charge on any atom is 0.237 e. The summed E-state index contributed by atoms with van der Waals surface area (Å²) in [5.74, 6) is 0.798. The lowest BCUT2D eigenvalue weighted by Gasteiger charge is -2.36. The van der Waals surface area contributed by atoms with E-state index in [-0.39, 0.29) is 17.4 Å². The minimum Gasteiger partial charge on any atom is -0.377 e. The number of ether oxygens (including phenoxy) is 1. The summed E-state index contributed by atoms with van der Waals surface area (Å²) in [4.78, 5) is 23.7. The third-order valence-corrected chi connectivity index (χ3v) is 5.24. The van der Waals surface area contributed by atoms with E-state index < -0.39 is 0 Å². The first-order chi connectivity index (χ1) is 11.2. The molecule has 3 fully saturated rings. The van der Waals surface area contributed by atoms with Gasteiger partial charge in [-0.25, -0.2) is 14.6 Å². The van der Waals surface area contributed by atoms with Crippen molar-refractivity contribution in [2.45, 2.75) is 19.4 Å². The van der Waals surface area contributed by atoms with Crippen LogP contribution in [0, 0.1) is 12.3 Å². The predicted octanol–water partition coefficient (Wildman–Crippen LogP) is 0.0323. The quantitative estimate of drug-likeness (QED) is 0.842. The van der Waals surface area contributed by atoms with Gasteiger partial charge in [0.15, 0.2) is 11.5 Å². The molecule has 5 heterocycles. The van der Waals surface area contributed by atoms with E-state index in [1.807, 2.05) is 11.6 Å². The molecule has 3 aliphatic heterocycles. The van der Waals surface area contributed by atoms with E-state index in [9.17, 15) is 4.79 Å². The monoisotopic (exact) mass is 314 g/mol. The van der Waals surface area contributed by atoms with Crippen molar-refractivity contribution in [3.8, 4) is 0 Å². The molecule has 2 aromatic rings. The Balaban J connectivity index is 1.56. The standard InChI is InChI=1S/C15H18N6O2/c1-9-12-13(21(19-9)10-5-23-6-10)18-11(4-17-12)20-3-2-15(14(20)22)7-16-8-15/h4,10,16H,2-3,5-8H2,1H3. The first-order valence-electron chi connectivity index (χ1n) is 8.00. The Morgan fingerprint density at radius 1 is 1.39 bits per heavy atom. The summed E-state index contributed by atoms with van der Waals surface area (Å²) >= 11 is 0. The van der Waals surface area contributed by atoms with Crippen LogP contribution in [0.1, 0.15) is 18.2 Å². The summed E-state index contributed by atoms with van der Waals surface area (Å²) in [6.07, 6.45) is 2.58. The topological polar surface area (TPSA) is 85.2 Å². The molecule has 1 amide bonds. The van der Waals surface area contributed by atoms with Gasteiger partial charge in [-0.15, -0.1) is 0 Å². The van der Waals surface area contributed by atoms with E-state index in [0.717, 1.165) is 36.4 Å². The van der Waals surface area contributed by atoms with Crippen LogP contribution in [-0.4, -0.2) is 58.5 Å². The molecule has 3 saturated heterocycles. The van der Waals surface area contributed by atoms with Crippen LogP contribution < -0.4 is 10.2 Å². The van der Waals surface area contributed by atoms with E-state index in [1.165, 1.54) is 0 Å². The molecular weight excluding hydrogens is 296 g/mol. The molecule has 2 aromatic heterocycles. The zero-order chi connectivity index (χ0) is 15.6. The number of carbonyl (C=O) groups is 1. The highest BCUT2D eigenvalue weighted by Crippen LogP contribution is 2.37. The van der Waals surface area contributed by atoms with Gasteiger partial charge in [-0.05, 0) is 13.3 Å². The van der Waals surface area contributed by atoms with Crippen LogP contribution in [0.5, 0.6) is 0 Å². The molecule has 0 aliphatic carbocycles. The van der Waals surface area contributed by atoms with Crippen molar-refractivity contribution in [3.63, 3.8) is 0 Å². The maximum absolute atomic E-state index is 12.7. The van der Waals surface area contributed by atoms with Crippen molar-refractivity contribution in [2.24, 2.45) is 5.41 Å². The van der Waals surface area contributed by atoms with Gasteiger partial charge in [-0.2, -0.15) is 5.10 Å². The van der Waals surface area contributed by atoms with E-state index in [4.69, 9.17) is 9.72 Å². The molecule has 0 bridgehead atoms. The number of nitrogens with zero attached hydrogens (tertiary/aromatic N) is 5. The Morgan fingerprint density at radius 2 is 2.22 bits per heavy atom. The van der Waals surface area contributed by atoms with Gasteiger partial charge >= 0.3 is 0 Å². The molecule has 1 spiro atoms. The van der Waals surface area contributed by atoms with Gasteiger partial charge in [0.05, 0.1) is 30.5 Å². The fourth-order valence-corrected chi connectivity index (χ4v) is 3.58. The van der Waals surface area contributed by atoms with Gasteiger partial charge in [0.1, 0.15) is 11.6 Å². The predicted molar refractivity (Wildman–Crippen MR) is 82.2 cm³/mol. The van der Waals surface area contributed by atoms with Gasteiger partial charge in [-0.3, -0.25) is 9.69 Å². The normalized spacial score (nSPS) is 23.5. The third-order valence-electron chi connectivity index (χ3n) is 5.24. The Labute approximate surface area is 132 Å². The lowest BCUT2D eigenvalue weighted by atomic mass is 9.80. The van der Waals surface area contributed by atoms with Crippen molar-refractivity contribution in [2.75, 3.05) is 37.7 Å². The van der Waals surface area contributed by atoms with Gasteiger partial charge < -0.3 is 10.1 Å². The van der Waals surface area contributed by atoms with Gasteiger partial charge in [0, 0.05) is 19.6 Å². The summed E-state index contributed by atoms with van der Waals surface area (Å²) in [7, 11) is 0. The second kappa shape index (κ2) is 4.48. The number of amides is 1. The SMILES string of the molecule is Cc1nn(C2COC2)c2nc(N3CCC4(CNC4)C3=O)cnc12. The molecule has 0 aromatic carbocycles. The van der Waals surface area contributed by atoms with Crippen molar-refractivity contribution in [1.29, 1.82) is 0 Å². The largest absolute Gasteiger partial charge is 0.377 e. The van der Waals surface area contributed by atoms with E-state index in [2.05, 4.69) is 15.4 Å². The van der Waals surface area contributed by atoms with Crippen LogP contribution in [0.4, 0.5) is 5.82 Å². The number of hydrogen-bond donors (Lipinski definition) is 1. The van der Waals surface area contributed by atoms with Crippen molar-refractivity contribution in [1.82, 2.24) is 25.1 Å². The lowest BCUT2D eigenvalue weighted by Crippen LogP contribution is -2.57. The third kappa shape index (κ3) is 1.73. The molecule has 8 heteroatoms. The van der Waals surface area contributed by atoms with Crippen LogP contribution in [0.3, 0.4) is 0 Å². The van der Waals surface area contributed by atoms with E-state index in [1.54, 1.807) is 11.1 Å². The van der Waals surface area contributed by atoms with Crippen LogP contribution in [-0.2, 0) is 9.53 Å². The molecule has 0 unspecified atom stereocenters. The van der Waals surface area contributed by atoms with Crippen molar-refractivity contribution >= 4 is 22.9 Å². The van der Waals surface area contributed by atoms with Crippen LogP contribution in [0.25, 0.3) is 11.2 Å². The van der Waals surface area contributed by atoms with E-state index in [0.29, 0.717) is 25.6 Å². The molecule has 120 valence electrons. The summed E-state index contributed by atoms with van der Waals surface area (Å²) < 4.78 is 7.16. The fourth-order valence-electron chi connectivity index (χ4n) is 3.58. The number of aryl methyl sites for hydroxylation is 1. The second-order valence-electron chi connectivity index (χ2n) is 6.71. The molecule has 0 radical (unpaired) electrons. The zero-order valence-electron chi connectivity index (χ0n) is 12.9. The highest BCUT2D eigenvalue weighted by Gasteiger charge is 2.51. The number of fused-ring (bicyclic) bond motifs is 1. The maximum atomic E-state index is 12.7. The molecule has 0 atom stereocenters. The van der Waals surface area contributed by atoms with Crippen LogP contribution in [0.2, 0.25) is 0 Å². The first kappa shape index (κ1) is 13.4. The Kier molecular flexibility index (Phi) is 2.61. The molecule has 8 nitrogen and oxygen atoms in total. The Morgan fingerprint density at radius 3 is 2.83 bits per heavy atom. The van der Waals surface area contributed by atoms with Crippen molar-refractivity contribution < 1.29 is 9.53 Å². The molecule has 5 rings (SSSR count). The lowest BCUT2D eigenvalue weighted by molar-refractivity contribution is -0.127. The number of anilines is 1. The summed E-state index contributed by atoms with van der Waals surface area (Å²) in [6, 6.07) is 0.215. The number of hydrogen-bond acceptors (Lipinski definition) is 6. The first-order valence-corrected chi connectivity index (χ1v) is 8.00. The Hall–Kier alpha value is -2.06. The number of carbonyl (C=O) groups excluding carboxylic acids is 1. The van der Waals surface area contributed by atoms with E-state index >= 15 is 0 Å². The highest BCUT2D eigenvalue weighted by atomic mass is 16.5. The average Bonchev–Trinajstić information content (AvgIpc) is 2.95. The minimum absolute atomic E-state index is 0.166. The highest BCUT2D eigenvalue weighted by molar-refractivity contribution is 6.00. The van der Waals surface area contributed by atoms with Gasteiger partial charge in [-0.1, -0.05) is 0 Å². The summed E-state index contributed by atoms with van der Waals surface area (Å²) in [5.41, 5.74) is 2.19. The fraction of sp³-hybridized carbons (Fsp3) is 0.600. The second-order valence-corrected chi connectivity index (χ2v) is 6.71. The Bertz CT molecular complexity index is 808. The smallest absolute Gasteiger partial charge is 0.237 e. The summed E-state index contributed by atoms with van der Waals surface area (Å²) in [6.45, 7) is 5.49. The minimum atomic E-state index is -0.214. The van der Waals surface area contributed by atoms with Crippen LogP contribution >= 0.6 is 0 Å². The number of rotatable bonds is 2. The van der Waals surface area contributed by atoms with Gasteiger partial charge in [0.25, 0.3) is 0 Å². The van der Waals surface area contributed by atoms with Gasteiger partial charge in [0.2, 0.25) is 5.91 Å². The molecule has 0 saturated carbocycles. The number of aromatic nitrogens is 4. The molecule has 3 aliphatic rings. The zero-order valence-corrected chi connectivity index (χ0v) is 12.9.